The van der Waals surface area contributed by atoms with Gasteiger partial charge in [0.25, 0.3) is 0 Å². The molecule has 1 aromatic heterocycles. The van der Waals surface area contributed by atoms with Gasteiger partial charge in [-0.3, -0.25) is 4.98 Å². The van der Waals surface area contributed by atoms with E-state index in [2.05, 4.69) is 29.1 Å². The lowest BCUT2D eigenvalue weighted by Gasteiger charge is -2.16. The summed E-state index contributed by atoms with van der Waals surface area (Å²) >= 11 is 0. The van der Waals surface area contributed by atoms with Crippen LogP contribution < -0.4 is 11.1 Å². The van der Waals surface area contributed by atoms with E-state index in [0.717, 1.165) is 18.1 Å². The highest BCUT2D eigenvalue weighted by Crippen LogP contribution is 2.06. The van der Waals surface area contributed by atoms with Crippen molar-refractivity contribution in [3.63, 3.8) is 0 Å². The summed E-state index contributed by atoms with van der Waals surface area (Å²) < 4.78 is 0. The van der Waals surface area contributed by atoms with Crippen molar-refractivity contribution in [3.05, 3.63) is 18.1 Å². The van der Waals surface area contributed by atoms with E-state index in [4.69, 9.17) is 5.73 Å². The molecule has 1 unspecified atom stereocenters. The Morgan fingerprint density at radius 1 is 1.36 bits per heavy atom. The number of nitrogens with zero attached hydrogens (tertiary/aromatic N) is 2. The summed E-state index contributed by atoms with van der Waals surface area (Å²) in [5.41, 5.74) is 6.81. The zero-order valence-electron chi connectivity index (χ0n) is 8.99. The van der Waals surface area contributed by atoms with Gasteiger partial charge in [0.15, 0.2) is 0 Å². The third-order valence-electron chi connectivity index (χ3n) is 2.24. The second-order valence-electron chi connectivity index (χ2n) is 3.78. The molecule has 1 rings (SSSR count). The lowest BCUT2D eigenvalue weighted by atomic mass is 10.1. The number of hydrogen-bond donors (Lipinski definition) is 2. The van der Waals surface area contributed by atoms with E-state index in [1.54, 1.807) is 12.4 Å². The molecule has 0 saturated heterocycles. The fraction of sp³-hybridized carbons (Fsp3) is 0.600. The highest BCUT2D eigenvalue weighted by Gasteiger charge is 2.07. The molecule has 0 bridgehead atoms. The average molecular weight is 194 g/mol. The normalized spacial score (nSPS) is 12.9. The average Bonchev–Trinajstić information content (AvgIpc) is 2.16. The molecule has 0 fully saturated rings. The van der Waals surface area contributed by atoms with Gasteiger partial charge in [0, 0.05) is 25.0 Å². The van der Waals surface area contributed by atoms with Gasteiger partial charge in [-0.1, -0.05) is 13.8 Å². The van der Waals surface area contributed by atoms with E-state index in [1.165, 1.54) is 0 Å². The van der Waals surface area contributed by atoms with Crippen molar-refractivity contribution in [2.24, 2.45) is 11.7 Å². The molecule has 3 N–H and O–H groups in total. The monoisotopic (exact) mass is 194 g/mol. The Kier molecular flexibility index (Phi) is 3.83. The molecular formula is C10H18N4. The molecule has 1 heterocycles. The molecular weight excluding hydrogens is 176 g/mol. The summed E-state index contributed by atoms with van der Waals surface area (Å²) in [5, 5.41) is 3.20. The van der Waals surface area contributed by atoms with Crippen molar-refractivity contribution < 1.29 is 0 Å². The van der Waals surface area contributed by atoms with Gasteiger partial charge in [0.1, 0.15) is 5.82 Å². The van der Waals surface area contributed by atoms with Crippen molar-refractivity contribution in [1.82, 2.24) is 9.97 Å². The second kappa shape index (κ2) is 4.91. The van der Waals surface area contributed by atoms with Gasteiger partial charge < -0.3 is 11.1 Å². The molecule has 4 heteroatoms. The minimum atomic E-state index is 0.149. The SMILES string of the molecule is Cc1nccnc1NCC(N)C(C)C. The Labute approximate surface area is 85.0 Å². The van der Waals surface area contributed by atoms with Crippen LogP contribution in [0, 0.1) is 12.8 Å². The van der Waals surface area contributed by atoms with E-state index in [0.29, 0.717) is 5.92 Å². The first-order chi connectivity index (χ1) is 6.61. The molecule has 0 spiro atoms. The number of anilines is 1. The van der Waals surface area contributed by atoms with Crippen LogP contribution in [0.3, 0.4) is 0 Å². The zero-order valence-corrected chi connectivity index (χ0v) is 8.99. The number of rotatable bonds is 4. The topological polar surface area (TPSA) is 63.8 Å². The standard InChI is InChI=1S/C10H18N4/c1-7(2)9(11)6-14-10-8(3)12-4-5-13-10/h4-5,7,9H,6,11H2,1-3H3,(H,13,14). The summed E-state index contributed by atoms with van der Waals surface area (Å²) in [6.07, 6.45) is 3.36. The fourth-order valence-electron chi connectivity index (χ4n) is 1.03. The fourth-order valence-corrected chi connectivity index (χ4v) is 1.03. The van der Waals surface area contributed by atoms with Crippen LogP contribution in [-0.2, 0) is 0 Å². The number of nitrogens with one attached hydrogen (secondary N) is 1. The van der Waals surface area contributed by atoms with Crippen LogP contribution in [0.15, 0.2) is 12.4 Å². The molecule has 0 aromatic carbocycles. The molecule has 0 aliphatic heterocycles. The molecule has 1 aromatic rings. The first kappa shape index (κ1) is 10.9. The van der Waals surface area contributed by atoms with Gasteiger partial charge in [0.05, 0.1) is 5.69 Å². The molecule has 4 nitrogen and oxygen atoms in total. The Bertz CT molecular complexity index is 285. The molecule has 0 amide bonds. The largest absolute Gasteiger partial charge is 0.367 e. The van der Waals surface area contributed by atoms with Gasteiger partial charge in [-0.05, 0) is 12.8 Å². The van der Waals surface area contributed by atoms with Crippen molar-refractivity contribution in [3.8, 4) is 0 Å². The quantitative estimate of drug-likeness (QED) is 0.755. The van der Waals surface area contributed by atoms with Gasteiger partial charge in [-0.15, -0.1) is 0 Å². The second-order valence-corrected chi connectivity index (χ2v) is 3.78. The minimum Gasteiger partial charge on any atom is -0.367 e. The molecule has 1 atom stereocenters. The van der Waals surface area contributed by atoms with Crippen molar-refractivity contribution in [1.29, 1.82) is 0 Å². The predicted octanol–water partition coefficient (Wildman–Crippen LogP) is 1.18. The first-order valence-corrected chi connectivity index (χ1v) is 4.88. The van der Waals surface area contributed by atoms with Crippen LogP contribution in [0.4, 0.5) is 5.82 Å². The van der Waals surface area contributed by atoms with Crippen LogP contribution in [0.25, 0.3) is 0 Å². The first-order valence-electron chi connectivity index (χ1n) is 4.88. The number of aryl methyl sites for hydroxylation is 1. The molecule has 78 valence electrons. The number of aromatic nitrogens is 2. The Morgan fingerprint density at radius 3 is 2.57 bits per heavy atom. The van der Waals surface area contributed by atoms with Gasteiger partial charge in [0.2, 0.25) is 0 Å². The number of hydrogen-bond acceptors (Lipinski definition) is 4. The van der Waals surface area contributed by atoms with Gasteiger partial charge in [-0.25, -0.2) is 4.98 Å². The Hall–Kier alpha value is -1.16. The Balaban J connectivity index is 2.50. The van der Waals surface area contributed by atoms with Crippen LogP contribution in [0.1, 0.15) is 19.5 Å². The van der Waals surface area contributed by atoms with Crippen LogP contribution in [-0.4, -0.2) is 22.6 Å². The van der Waals surface area contributed by atoms with Crippen molar-refractivity contribution in [2.75, 3.05) is 11.9 Å². The Morgan fingerprint density at radius 2 is 2.00 bits per heavy atom. The van der Waals surface area contributed by atoms with Crippen LogP contribution in [0.2, 0.25) is 0 Å². The lowest BCUT2D eigenvalue weighted by Crippen LogP contribution is -2.34. The van der Waals surface area contributed by atoms with E-state index >= 15 is 0 Å². The van der Waals surface area contributed by atoms with E-state index < -0.39 is 0 Å². The van der Waals surface area contributed by atoms with Crippen LogP contribution >= 0.6 is 0 Å². The maximum absolute atomic E-state index is 5.90. The summed E-state index contributed by atoms with van der Waals surface area (Å²) in [6.45, 7) is 6.87. The molecule has 14 heavy (non-hydrogen) atoms. The van der Waals surface area contributed by atoms with E-state index in [-0.39, 0.29) is 6.04 Å². The maximum atomic E-state index is 5.90. The third-order valence-corrected chi connectivity index (χ3v) is 2.24. The van der Waals surface area contributed by atoms with E-state index in [1.807, 2.05) is 6.92 Å². The molecule has 0 saturated carbocycles. The molecule has 0 aliphatic rings. The van der Waals surface area contributed by atoms with Gasteiger partial charge in [-0.2, -0.15) is 0 Å². The summed E-state index contributed by atoms with van der Waals surface area (Å²) in [4.78, 5) is 8.32. The lowest BCUT2D eigenvalue weighted by molar-refractivity contribution is 0.511. The summed E-state index contributed by atoms with van der Waals surface area (Å²) in [5.74, 6) is 1.29. The summed E-state index contributed by atoms with van der Waals surface area (Å²) in [7, 11) is 0. The summed E-state index contributed by atoms with van der Waals surface area (Å²) in [6, 6.07) is 0.149. The third kappa shape index (κ3) is 2.96. The van der Waals surface area contributed by atoms with Crippen molar-refractivity contribution >= 4 is 5.82 Å². The van der Waals surface area contributed by atoms with E-state index in [9.17, 15) is 0 Å². The molecule has 0 aliphatic carbocycles. The highest BCUT2D eigenvalue weighted by atomic mass is 15.0. The molecule has 0 radical (unpaired) electrons. The van der Waals surface area contributed by atoms with Gasteiger partial charge >= 0.3 is 0 Å². The van der Waals surface area contributed by atoms with Crippen molar-refractivity contribution in [2.45, 2.75) is 26.8 Å². The minimum absolute atomic E-state index is 0.149. The highest BCUT2D eigenvalue weighted by molar-refractivity contribution is 5.38. The zero-order chi connectivity index (χ0) is 10.6. The number of nitrogens with two attached hydrogens (primary N) is 1. The predicted molar refractivity (Wildman–Crippen MR) is 58.1 cm³/mol. The van der Waals surface area contributed by atoms with Crippen LogP contribution in [0.5, 0.6) is 0 Å². The maximum Gasteiger partial charge on any atom is 0.147 e. The smallest absolute Gasteiger partial charge is 0.147 e.